The molecule has 0 aliphatic carbocycles. The first-order chi connectivity index (χ1) is 12.5. The quantitative estimate of drug-likeness (QED) is 0.653. The summed E-state index contributed by atoms with van der Waals surface area (Å²) in [7, 11) is 0. The van der Waals surface area contributed by atoms with Gasteiger partial charge in [-0.25, -0.2) is 10.2 Å². The number of amides is 2. The van der Waals surface area contributed by atoms with Crippen LogP contribution in [0.25, 0.3) is 0 Å². The smallest absolute Gasteiger partial charge is 0.414 e. The van der Waals surface area contributed by atoms with E-state index >= 15 is 0 Å². The minimum absolute atomic E-state index is 0.0927. The normalized spacial score (nSPS) is 14.3. The third-order valence-electron chi connectivity index (χ3n) is 4.06. The van der Waals surface area contributed by atoms with Gasteiger partial charge in [0.2, 0.25) is 0 Å². The minimum atomic E-state index is -0.499. The maximum atomic E-state index is 12.2. The molecular weight excluding hydrogens is 334 g/mol. The SMILES string of the molecule is CC(=NNC(=O)c1ccc(C)cc1O)c1cccc(N2CCOC2=O)c1. The molecule has 0 unspecified atom stereocenters. The lowest BCUT2D eigenvalue weighted by Gasteiger charge is -2.13. The van der Waals surface area contributed by atoms with E-state index in [1.807, 2.05) is 25.1 Å². The molecule has 7 heteroatoms. The number of anilines is 1. The summed E-state index contributed by atoms with van der Waals surface area (Å²) in [5.74, 6) is -0.592. The van der Waals surface area contributed by atoms with Gasteiger partial charge in [0.25, 0.3) is 5.91 Å². The number of hydrogen-bond acceptors (Lipinski definition) is 5. The van der Waals surface area contributed by atoms with Gasteiger partial charge in [-0.3, -0.25) is 9.69 Å². The number of hydrogen-bond donors (Lipinski definition) is 2. The summed E-state index contributed by atoms with van der Waals surface area (Å²) in [5, 5.41) is 14.0. The van der Waals surface area contributed by atoms with Crippen molar-refractivity contribution in [2.24, 2.45) is 5.10 Å². The van der Waals surface area contributed by atoms with Crippen molar-refractivity contribution in [2.75, 3.05) is 18.1 Å². The van der Waals surface area contributed by atoms with Gasteiger partial charge in [0.05, 0.1) is 17.8 Å². The monoisotopic (exact) mass is 353 g/mol. The summed E-state index contributed by atoms with van der Waals surface area (Å²) in [4.78, 5) is 25.4. The van der Waals surface area contributed by atoms with E-state index in [4.69, 9.17) is 4.74 Å². The van der Waals surface area contributed by atoms with Crippen LogP contribution in [0, 0.1) is 6.92 Å². The van der Waals surface area contributed by atoms with Crippen molar-refractivity contribution in [2.45, 2.75) is 13.8 Å². The summed E-state index contributed by atoms with van der Waals surface area (Å²) in [6, 6.07) is 12.1. The van der Waals surface area contributed by atoms with Crippen molar-refractivity contribution in [1.82, 2.24) is 5.43 Å². The molecular formula is C19H19N3O4. The zero-order chi connectivity index (χ0) is 18.7. The Morgan fingerprint density at radius 2 is 2.08 bits per heavy atom. The highest BCUT2D eigenvalue weighted by Crippen LogP contribution is 2.21. The molecule has 1 heterocycles. The lowest BCUT2D eigenvalue weighted by atomic mass is 10.1. The Morgan fingerprint density at radius 3 is 2.77 bits per heavy atom. The number of phenols is 1. The van der Waals surface area contributed by atoms with Crippen molar-refractivity contribution in [3.8, 4) is 5.75 Å². The molecule has 1 fully saturated rings. The zero-order valence-corrected chi connectivity index (χ0v) is 14.5. The molecule has 134 valence electrons. The molecule has 0 radical (unpaired) electrons. The largest absolute Gasteiger partial charge is 0.507 e. The maximum absolute atomic E-state index is 12.2. The Bertz CT molecular complexity index is 892. The van der Waals surface area contributed by atoms with E-state index in [9.17, 15) is 14.7 Å². The number of carbonyl (C=O) groups excluding carboxylic acids is 2. The standard InChI is InChI=1S/C19H19N3O4/c1-12-6-7-16(17(23)10-12)18(24)21-20-13(2)14-4-3-5-15(11-14)22-8-9-26-19(22)25/h3-7,10-11,23H,8-9H2,1-2H3,(H,21,24). The Morgan fingerprint density at radius 1 is 1.27 bits per heavy atom. The molecule has 0 bridgehead atoms. The lowest BCUT2D eigenvalue weighted by Crippen LogP contribution is -2.23. The molecule has 1 saturated heterocycles. The predicted molar refractivity (Wildman–Crippen MR) is 97.7 cm³/mol. The first-order valence-corrected chi connectivity index (χ1v) is 8.14. The van der Waals surface area contributed by atoms with Crippen molar-refractivity contribution in [3.63, 3.8) is 0 Å². The zero-order valence-electron chi connectivity index (χ0n) is 14.5. The number of carbonyl (C=O) groups is 2. The Kier molecular flexibility index (Phi) is 4.88. The highest BCUT2D eigenvalue weighted by Gasteiger charge is 2.23. The number of nitrogens with zero attached hydrogens (tertiary/aromatic N) is 2. The van der Waals surface area contributed by atoms with Crippen molar-refractivity contribution in [1.29, 1.82) is 0 Å². The fourth-order valence-electron chi connectivity index (χ4n) is 2.62. The summed E-state index contributed by atoms with van der Waals surface area (Å²) >= 11 is 0. The second kappa shape index (κ2) is 7.26. The number of phenolic OH excluding ortho intramolecular Hbond substituents is 1. The van der Waals surface area contributed by atoms with E-state index in [2.05, 4.69) is 10.5 Å². The third-order valence-corrected chi connectivity index (χ3v) is 4.06. The van der Waals surface area contributed by atoms with E-state index in [0.29, 0.717) is 24.6 Å². The maximum Gasteiger partial charge on any atom is 0.414 e. The third kappa shape index (κ3) is 3.66. The van der Waals surface area contributed by atoms with Crippen LogP contribution in [0.5, 0.6) is 5.75 Å². The minimum Gasteiger partial charge on any atom is -0.507 e. The van der Waals surface area contributed by atoms with Crippen LogP contribution in [0.2, 0.25) is 0 Å². The molecule has 26 heavy (non-hydrogen) atoms. The molecule has 7 nitrogen and oxygen atoms in total. The van der Waals surface area contributed by atoms with E-state index in [-0.39, 0.29) is 17.4 Å². The van der Waals surface area contributed by atoms with Crippen LogP contribution in [-0.4, -0.2) is 36.0 Å². The molecule has 0 saturated carbocycles. The number of nitrogens with one attached hydrogen (secondary N) is 1. The molecule has 1 aliphatic rings. The van der Waals surface area contributed by atoms with Gasteiger partial charge in [-0.05, 0) is 49.2 Å². The van der Waals surface area contributed by atoms with Gasteiger partial charge in [0, 0.05) is 5.69 Å². The van der Waals surface area contributed by atoms with E-state index in [1.54, 1.807) is 30.0 Å². The molecule has 2 amide bonds. The van der Waals surface area contributed by atoms with Gasteiger partial charge >= 0.3 is 6.09 Å². The molecule has 2 aromatic rings. The molecule has 2 aromatic carbocycles. The van der Waals surface area contributed by atoms with Crippen LogP contribution in [0.15, 0.2) is 47.6 Å². The van der Waals surface area contributed by atoms with Crippen LogP contribution in [0.4, 0.5) is 10.5 Å². The van der Waals surface area contributed by atoms with Crippen LogP contribution < -0.4 is 10.3 Å². The fourth-order valence-corrected chi connectivity index (χ4v) is 2.62. The summed E-state index contributed by atoms with van der Waals surface area (Å²) in [6.45, 7) is 4.44. The number of aryl methyl sites for hydroxylation is 1. The number of benzene rings is 2. The van der Waals surface area contributed by atoms with E-state index in [0.717, 1.165) is 11.1 Å². The van der Waals surface area contributed by atoms with Gasteiger partial charge in [0.15, 0.2) is 0 Å². The van der Waals surface area contributed by atoms with Gasteiger partial charge in [-0.15, -0.1) is 0 Å². The van der Waals surface area contributed by atoms with Crippen LogP contribution in [0.3, 0.4) is 0 Å². The highest BCUT2D eigenvalue weighted by molar-refractivity contribution is 6.02. The average molecular weight is 353 g/mol. The first-order valence-electron chi connectivity index (χ1n) is 8.14. The number of rotatable bonds is 4. The fraction of sp³-hybridized carbons (Fsp3) is 0.211. The number of hydrazone groups is 1. The molecule has 0 aromatic heterocycles. The highest BCUT2D eigenvalue weighted by atomic mass is 16.6. The number of ether oxygens (including phenoxy) is 1. The van der Waals surface area contributed by atoms with Crippen LogP contribution in [-0.2, 0) is 4.74 Å². The van der Waals surface area contributed by atoms with Crippen LogP contribution >= 0.6 is 0 Å². The van der Waals surface area contributed by atoms with Crippen molar-refractivity contribution in [3.05, 3.63) is 59.2 Å². The Balaban J connectivity index is 1.75. The van der Waals surface area contributed by atoms with Gasteiger partial charge in [-0.2, -0.15) is 5.10 Å². The molecule has 1 aliphatic heterocycles. The number of aromatic hydroxyl groups is 1. The second-order valence-corrected chi connectivity index (χ2v) is 5.98. The number of cyclic esters (lactones) is 1. The second-order valence-electron chi connectivity index (χ2n) is 5.98. The van der Waals surface area contributed by atoms with Gasteiger partial charge in [-0.1, -0.05) is 18.2 Å². The molecule has 2 N–H and O–H groups in total. The average Bonchev–Trinajstić information content (AvgIpc) is 3.05. The topological polar surface area (TPSA) is 91.2 Å². The predicted octanol–water partition coefficient (Wildman–Crippen LogP) is 2.81. The van der Waals surface area contributed by atoms with E-state index < -0.39 is 5.91 Å². The van der Waals surface area contributed by atoms with Crippen molar-refractivity contribution >= 4 is 23.4 Å². The summed E-state index contributed by atoms with van der Waals surface area (Å²) < 4.78 is 4.94. The first kappa shape index (κ1) is 17.5. The van der Waals surface area contributed by atoms with Crippen LogP contribution in [0.1, 0.15) is 28.4 Å². The Hall–Kier alpha value is -3.35. The van der Waals surface area contributed by atoms with E-state index in [1.165, 1.54) is 6.07 Å². The molecule has 0 atom stereocenters. The molecule has 0 spiro atoms. The summed E-state index contributed by atoms with van der Waals surface area (Å²) in [5.41, 5.74) is 5.49. The van der Waals surface area contributed by atoms with Gasteiger partial charge in [0.1, 0.15) is 12.4 Å². The molecule has 3 rings (SSSR count). The summed E-state index contributed by atoms with van der Waals surface area (Å²) in [6.07, 6.45) is -0.375. The van der Waals surface area contributed by atoms with Crippen molar-refractivity contribution < 1.29 is 19.4 Å². The van der Waals surface area contributed by atoms with Gasteiger partial charge < -0.3 is 9.84 Å². The Labute approximate surface area is 150 Å². The lowest BCUT2D eigenvalue weighted by molar-refractivity contribution is 0.0952.